The molecule has 0 radical (unpaired) electrons. The number of barbiturate groups is 1. The smallest absolute Gasteiger partial charge is 0.328 e. The molecule has 1 saturated heterocycles. The summed E-state index contributed by atoms with van der Waals surface area (Å²) in [6.45, 7) is 5.10. The van der Waals surface area contributed by atoms with E-state index in [1.54, 1.807) is 24.3 Å². The highest BCUT2D eigenvalue weighted by atomic mass is 16.5. The fourth-order valence-electron chi connectivity index (χ4n) is 2.83. The molecule has 1 aliphatic heterocycles. The molecule has 2 N–H and O–H groups in total. The first kappa shape index (κ1) is 20.9. The SMILES string of the molecule is CCOc1cc(C)cc(OCCOc2cccc(C=C3C(=O)NC(=O)NC3=O)c2)c1. The second kappa shape index (κ2) is 9.60. The Balaban J connectivity index is 1.57. The largest absolute Gasteiger partial charge is 0.494 e. The van der Waals surface area contributed by atoms with Crippen LogP contribution in [0.25, 0.3) is 6.08 Å². The third kappa shape index (κ3) is 5.60. The van der Waals surface area contributed by atoms with Crippen molar-refractivity contribution in [3.63, 3.8) is 0 Å². The number of hydrogen-bond acceptors (Lipinski definition) is 6. The fraction of sp³-hybridized carbons (Fsp3) is 0.227. The van der Waals surface area contributed by atoms with E-state index in [0.717, 1.165) is 11.3 Å². The van der Waals surface area contributed by atoms with Gasteiger partial charge in [0, 0.05) is 6.07 Å². The Labute approximate surface area is 173 Å². The number of imide groups is 2. The summed E-state index contributed by atoms with van der Waals surface area (Å²) in [7, 11) is 0. The third-order valence-corrected chi connectivity index (χ3v) is 4.07. The highest BCUT2D eigenvalue weighted by Gasteiger charge is 2.27. The van der Waals surface area contributed by atoms with E-state index in [9.17, 15) is 14.4 Å². The van der Waals surface area contributed by atoms with Crippen LogP contribution in [0.2, 0.25) is 0 Å². The highest BCUT2D eigenvalue weighted by molar-refractivity contribution is 6.31. The number of amides is 4. The van der Waals surface area contributed by atoms with Crippen molar-refractivity contribution >= 4 is 23.9 Å². The maximum Gasteiger partial charge on any atom is 0.328 e. The molecule has 3 rings (SSSR count). The molecule has 0 aromatic heterocycles. The summed E-state index contributed by atoms with van der Waals surface area (Å²) in [4.78, 5) is 34.8. The summed E-state index contributed by atoms with van der Waals surface area (Å²) in [6, 6.07) is 11.7. The van der Waals surface area contributed by atoms with Crippen LogP contribution in [0.1, 0.15) is 18.1 Å². The van der Waals surface area contributed by atoms with E-state index in [-0.39, 0.29) is 5.57 Å². The molecule has 8 nitrogen and oxygen atoms in total. The third-order valence-electron chi connectivity index (χ3n) is 4.07. The average molecular weight is 410 g/mol. The topological polar surface area (TPSA) is 103 Å². The molecule has 30 heavy (non-hydrogen) atoms. The molecule has 1 aliphatic rings. The Morgan fingerprint density at radius 3 is 2.13 bits per heavy atom. The predicted molar refractivity (Wildman–Crippen MR) is 109 cm³/mol. The summed E-state index contributed by atoms with van der Waals surface area (Å²) in [5, 5.41) is 4.07. The molecule has 0 unspecified atom stereocenters. The minimum absolute atomic E-state index is 0.153. The first-order valence-electron chi connectivity index (χ1n) is 9.43. The lowest BCUT2D eigenvalue weighted by Gasteiger charge is -2.14. The van der Waals surface area contributed by atoms with E-state index in [1.165, 1.54) is 6.08 Å². The summed E-state index contributed by atoms with van der Waals surface area (Å²) < 4.78 is 16.9. The van der Waals surface area contributed by atoms with Gasteiger partial charge in [-0.3, -0.25) is 20.2 Å². The zero-order chi connectivity index (χ0) is 21.5. The normalized spacial score (nSPS) is 13.4. The van der Waals surface area contributed by atoms with Crippen molar-refractivity contribution in [2.75, 3.05) is 19.8 Å². The lowest BCUT2D eigenvalue weighted by Crippen LogP contribution is -2.51. The summed E-state index contributed by atoms with van der Waals surface area (Å²) in [6.07, 6.45) is 1.39. The Morgan fingerprint density at radius 1 is 0.833 bits per heavy atom. The van der Waals surface area contributed by atoms with Crippen molar-refractivity contribution in [2.45, 2.75) is 13.8 Å². The Hall–Kier alpha value is -3.81. The van der Waals surface area contributed by atoms with Crippen molar-refractivity contribution in [1.82, 2.24) is 10.6 Å². The van der Waals surface area contributed by atoms with Crippen molar-refractivity contribution in [3.8, 4) is 17.2 Å². The molecule has 2 aromatic carbocycles. The van der Waals surface area contributed by atoms with Crippen LogP contribution in [0.3, 0.4) is 0 Å². The molecule has 0 atom stereocenters. The van der Waals surface area contributed by atoms with E-state index < -0.39 is 17.8 Å². The van der Waals surface area contributed by atoms with Crippen LogP contribution in [0.15, 0.2) is 48.0 Å². The fourth-order valence-corrected chi connectivity index (χ4v) is 2.83. The lowest BCUT2D eigenvalue weighted by molar-refractivity contribution is -0.123. The molecule has 1 fully saturated rings. The van der Waals surface area contributed by atoms with Gasteiger partial charge >= 0.3 is 6.03 Å². The maximum absolute atomic E-state index is 11.8. The van der Waals surface area contributed by atoms with E-state index >= 15 is 0 Å². The number of rotatable bonds is 8. The van der Waals surface area contributed by atoms with Crippen molar-refractivity contribution in [1.29, 1.82) is 0 Å². The van der Waals surface area contributed by atoms with Crippen LogP contribution >= 0.6 is 0 Å². The van der Waals surface area contributed by atoms with Crippen molar-refractivity contribution in [2.24, 2.45) is 0 Å². The van der Waals surface area contributed by atoms with Crippen LogP contribution in [-0.4, -0.2) is 37.7 Å². The lowest BCUT2D eigenvalue weighted by atomic mass is 10.1. The molecule has 0 aliphatic carbocycles. The number of nitrogens with one attached hydrogen (secondary N) is 2. The maximum atomic E-state index is 11.8. The summed E-state index contributed by atoms with van der Waals surface area (Å²) in [5.74, 6) is 0.525. The monoisotopic (exact) mass is 410 g/mol. The van der Waals surface area contributed by atoms with Crippen LogP contribution in [0.5, 0.6) is 17.2 Å². The van der Waals surface area contributed by atoms with Crippen LogP contribution in [0.4, 0.5) is 4.79 Å². The second-order valence-corrected chi connectivity index (χ2v) is 6.48. The van der Waals surface area contributed by atoms with Crippen LogP contribution in [-0.2, 0) is 9.59 Å². The zero-order valence-electron chi connectivity index (χ0n) is 16.7. The van der Waals surface area contributed by atoms with Crippen molar-refractivity contribution < 1.29 is 28.6 Å². The van der Waals surface area contributed by atoms with E-state index in [2.05, 4.69) is 0 Å². The number of benzene rings is 2. The molecule has 0 saturated carbocycles. The van der Waals surface area contributed by atoms with E-state index in [4.69, 9.17) is 14.2 Å². The van der Waals surface area contributed by atoms with E-state index in [0.29, 0.717) is 36.9 Å². The molecule has 1 heterocycles. The van der Waals surface area contributed by atoms with Crippen molar-refractivity contribution in [3.05, 3.63) is 59.2 Å². The molecule has 156 valence electrons. The van der Waals surface area contributed by atoms with Gasteiger partial charge in [0.25, 0.3) is 11.8 Å². The standard InChI is InChI=1S/C22H22N2O6/c1-3-28-17-9-14(2)10-18(13-17)30-8-7-29-16-6-4-5-15(11-16)12-19-20(25)23-22(27)24-21(19)26/h4-6,9-13H,3,7-8H2,1-2H3,(H2,23,24,25,26,27). The predicted octanol–water partition coefficient (Wildman–Crippen LogP) is 2.60. The quantitative estimate of drug-likeness (QED) is 0.394. The zero-order valence-corrected chi connectivity index (χ0v) is 16.7. The van der Waals surface area contributed by atoms with Crippen LogP contribution in [0, 0.1) is 6.92 Å². The molecule has 2 aromatic rings. The Kier molecular flexibility index (Phi) is 6.69. The molecule has 8 heteroatoms. The number of carbonyl (C=O) groups is 3. The Bertz CT molecular complexity index is 977. The highest BCUT2D eigenvalue weighted by Crippen LogP contribution is 2.23. The minimum atomic E-state index is -0.832. The number of aryl methyl sites for hydroxylation is 1. The molecular weight excluding hydrogens is 388 g/mol. The molecule has 4 amide bonds. The number of urea groups is 1. The van der Waals surface area contributed by atoms with Gasteiger partial charge in [0.15, 0.2) is 0 Å². The van der Waals surface area contributed by atoms with Gasteiger partial charge in [-0.25, -0.2) is 4.79 Å². The van der Waals surface area contributed by atoms with Gasteiger partial charge in [0.05, 0.1) is 6.61 Å². The van der Waals surface area contributed by atoms with Crippen LogP contribution < -0.4 is 24.8 Å². The van der Waals surface area contributed by atoms with Gasteiger partial charge in [0.2, 0.25) is 0 Å². The molecular formula is C22H22N2O6. The van der Waals surface area contributed by atoms with Gasteiger partial charge in [0.1, 0.15) is 36.0 Å². The molecule has 0 spiro atoms. The number of ether oxygens (including phenoxy) is 3. The van der Waals surface area contributed by atoms with Gasteiger partial charge in [-0.05, 0) is 55.3 Å². The molecule has 0 bridgehead atoms. The average Bonchev–Trinajstić information content (AvgIpc) is 2.68. The minimum Gasteiger partial charge on any atom is -0.494 e. The second-order valence-electron chi connectivity index (χ2n) is 6.48. The van der Waals surface area contributed by atoms with Gasteiger partial charge in [-0.1, -0.05) is 12.1 Å². The Morgan fingerprint density at radius 2 is 1.47 bits per heavy atom. The first-order valence-corrected chi connectivity index (χ1v) is 9.43. The van der Waals surface area contributed by atoms with Gasteiger partial charge in [-0.2, -0.15) is 0 Å². The first-order chi connectivity index (χ1) is 14.4. The summed E-state index contributed by atoms with van der Waals surface area (Å²) >= 11 is 0. The van der Waals surface area contributed by atoms with E-state index in [1.807, 2.05) is 42.7 Å². The number of hydrogen-bond donors (Lipinski definition) is 2. The summed E-state index contributed by atoms with van der Waals surface area (Å²) in [5.41, 5.74) is 1.47. The van der Waals surface area contributed by atoms with Gasteiger partial charge < -0.3 is 14.2 Å². The van der Waals surface area contributed by atoms with Gasteiger partial charge in [-0.15, -0.1) is 0 Å². The number of carbonyl (C=O) groups excluding carboxylic acids is 3.